The molecule has 2 nitrogen and oxygen atoms in total. The molecule has 0 bridgehead atoms. The molecule has 1 aromatic heterocycles. The van der Waals surface area contributed by atoms with Gasteiger partial charge in [0.1, 0.15) is 5.82 Å². The number of fused-ring (bicyclic) bond motifs is 1. The fourth-order valence-corrected chi connectivity index (χ4v) is 1.63. The van der Waals surface area contributed by atoms with E-state index >= 15 is 0 Å². The Bertz CT molecular complexity index is 480. The van der Waals surface area contributed by atoms with Gasteiger partial charge in [-0.25, -0.2) is 4.39 Å². The van der Waals surface area contributed by atoms with Crippen molar-refractivity contribution in [2.24, 2.45) is 5.73 Å². The zero-order valence-electron chi connectivity index (χ0n) is 7.92. The summed E-state index contributed by atoms with van der Waals surface area (Å²) in [6.07, 6.45) is 1.66. The minimum Gasteiger partial charge on any atom is -0.325 e. The van der Waals surface area contributed by atoms with Crippen molar-refractivity contribution in [3.63, 3.8) is 0 Å². The lowest BCUT2D eigenvalue weighted by Crippen LogP contribution is -2.01. The normalized spacial score (nSPS) is 10.8. The van der Waals surface area contributed by atoms with Crippen LogP contribution in [0.3, 0.4) is 0 Å². The highest BCUT2D eigenvalue weighted by Gasteiger charge is 2.07. The molecule has 1 aromatic carbocycles. The summed E-state index contributed by atoms with van der Waals surface area (Å²) >= 11 is 0. The maximum absolute atomic E-state index is 13.5. The number of hydrogen-bond donors (Lipinski definition) is 1. The Morgan fingerprint density at radius 3 is 2.86 bits per heavy atom. The van der Waals surface area contributed by atoms with E-state index < -0.39 is 0 Å². The van der Waals surface area contributed by atoms with Gasteiger partial charge in [0, 0.05) is 18.1 Å². The minimum atomic E-state index is -0.251. The van der Waals surface area contributed by atoms with Crippen molar-refractivity contribution in [2.45, 2.75) is 13.5 Å². The molecule has 3 heteroatoms. The first-order valence-electron chi connectivity index (χ1n) is 4.47. The van der Waals surface area contributed by atoms with E-state index in [0.717, 1.165) is 10.9 Å². The molecule has 0 unspecified atom stereocenters. The van der Waals surface area contributed by atoms with Crippen molar-refractivity contribution in [1.82, 2.24) is 4.98 Å². The van der Waals surface area contributed by atoms with Crippen LogP contribution in [-0.4, -0.2) is 4.98 Å². The largest absolute Gasteiger partial charge is 0.325 e. The molecule has 0 amide bonds. The molecule has 2 aromatic rings. The Morgan fingerprint density at radius 2 is 2.14 bits per heavy atom. The first-order valence-corrected chi connectivity index (χ1v) is 4.47. The third kappa shape index (κ3) is 1.26. The van der Waals surface area contributed by atoms with Crippen LogP contribution in [-0.2, 0) is 6.54 Å². The number of halogens is 1. The van der Waals surface area contributed by atoms with Crippen LogP contribution in [0.2, 0.25) is 0 Å². The van der Waals surface area contributed by atoms with E-state index in [1.807, 2.05) is 13.0 Å². The van der Waals surface area contributed by atoms with Gasteiger partial charge >= 0.3 is 0 Å². The van der Waals surface area contributed by atoms with Gasteiger partial charge in [0.2, 0.25) is 0 Å². The predicted molar refractivity (Wildman–Crippen MR) is 54.3 cm³/mol. The second kappa shape index (κ2) is 3.35. The van der Waals surface area contributed by atoms with Crippen molar-refractivity contribution in [2.75, 3.05) is 0 Å². The number of hydrogen-bond acceptors (Lipinski definition) is 2. The molecule has 2 N–H and O–H groups in total. The molecule has 0 aliphatic carbocycles. The monoisotopic (exact) mass is 190 g/mol. The number of pyridine rings is 1. The fourth-order valence-electron chi connectivity index (χ4n) is 1.63. The Hall–Kier alpha value is -1.48. The van der Waals surface area contributed by atoms with E-state index in [4.69, 9.17) is 5.73 Å². The van der Waals surface area contributed by atoms with Crippen LogP contribution in [0.5, 0.6) is 0 Å². The van der Waals surface area contributed by atoms with Crippen LogP contribution < -0.4 is 5.73 Å². The second-order valence-electron chi connectivity index (χ2n) is 3.25. The third-order valence-electron chi connectivity index (χ3n) is 2.37. The standard InChI is InChI=1S/C11H11FN2/c1-7-2-3-9(12)11-8(7)4-5-14-10(11)6-13/h2-5H,6,13H2,1H3. The SMILES string of the molecule is Cc1ccc(F)c2c(CN)nccc12. The summed E-state index contributed by atoms with van der Waals surface area (Å²) in [5, 5.41) is 1.44. The lowest BCUT2D eigenvalue weighted by Gasteiger charge is -2.06. The van der Waals surface area contributed by atoms with Crippen LogP contribution in [0.25, 0.3) is 10.8 Å². The van der Waals surface area contributed by atoms with E-state index in [9.17, 15) is 4.39 Å². The highest BCUT2D eigenvalue weighted by molar-refractivity contribution is 5.87. The molecule has 2 rings (SSSR count). The van der Waals surface area contributed by atoms with Gasteiger partial charge in [0.25, 0.3) is 0 Å². The maximum atomic E-state index is 13.5. The topological polar surface area (TPSA) is 38.9 Å². The molecule has 1 heterocycles. The summed E-state index contributed by atoms with van der Waals surface area (Å²) in [4.78, 5) is 4.06. The van der Waals surface area contributed by atoms with Crippen molar-refractivity contribution >= 4 is 10.8 Å². The van der Waals surface area contributed by atoms with E-state index in [1.54, 1.807) is 12.3 Å². The Labute approximate surface area is 81.6 Å². The number of nitrogens with zero attached hydrogens (tertiary/aromatic N) is 1. The molecule has 0 atom stereocenters. The maximum Gasteiger partial charge on any atom is 0.132 e. The average Bonchev–Trinajstić information content (AvgIpc) is 2.23. The summed E-state index contributed by atoms with van der Waals surface area (Å²) in [5.74, 6) is -0.251. The van der Waals surface area contributed by atoms with Gasteiger partial charge in [-0.2, -0.15) is 0 Å². The van der Waals surface area contributed by atoms with Gasteiger partial charge in [0.15, 0.2) is 0 Å². The van der Waals surface area contributed by atoms with Crippen molar-refractivity contribution in [3.05, 3.63) is 41.5 Å². The Balaban J connectivity index is 2.92. The van der Waals surface area contributed by atoms with Crippen LogP contribution in [0.15, 0.2) is 24.4 Å². The molecule has 0 spiro atoms. The lowest BCUT2D eigenvalue weighted by atomic mass is 10.0. The van der Waals surface area contributed by atoms with Crippen LogP contribution in [0, 0.1) is 12.7 Å². The summed E-state index contributed by atoms with van der Waals surface area (Å²) in [5.41, 5.74) is 7.16. The van der Waals surface area contributed by atoms with E-state index in [2.05, 4.69) is 4.98 Å². The average molecular weight is 190 g/mol. The van der Waals surface area contributed by atoms with Crippen molar-refractivity contribution < 1.29 is 4.39 Å². The Morgan fingerprint density at radius 1 is 1.36 bits per heavy atom. The summed E-state index contributed by atoms with van der Waals surface area (Å²) < 4.78 is 13.5. The summed E-state index contributed by atoms with van der Waals surface area (Å²) in [6, 6.07) is 5.03. The van der Waals surface area contributed by atoms with E-state index in [-0.39, 0.29) is 12.4 Å². The highest BCUT2D eigenvalue weighted by Crippen LogP contribution is 2.23. The zero-order chi connectivity index (χ0) is 10.1. The molecule has 0 radical (unpaired) electrons. The van der Waals surface area contributed by atoms with Crippen LogP contribution in [0.4, 0.5) is 4.39 Å². The van der Waals surface area contributed by atoms with Gasteiger partial charge in [-0.3, -0.25) is 4.98 Å². The van der Waals surface area contributed by atoms with Gasteiger partial charge in [0.05, 0.1) is 5.69 Å². The molecule has 0 aliphatic rings. The summed E-state index contributed by atoms with van der Waals surface area (Å²) in [6.45, 7) is 2.21. The first-order chi connectivity index (χ1) is 6.74. The number of rotatable bonds is 1. The van der Waals surface area contributed by atoms with Crippen molar-refractivity contribution in [1.29, 1.82) is 0 Å². The van der Waals surface area contributed by atoms with E-state index in [0.29, 0.717) is 11.1 Å². The zero-order valence-corrected chi connectivity index (χ0v) is 7.92. The Kier molecular flexibility index (Phi) is 2.17. The fraction of sp³-hybridized carbons (Fsp3) is 0.182. The third-order valence-corrected chi connectivity index (χ3v) is 2.37. The second-order valence-corrected chi connectivity index (χ2v) is 3.25. The smallest absolute Gasteiger partial charge is 0.132 e. The number of nitrogens with two attached hydrogens (primary N) is 1. The lowest BCUT2D eigenvalue weighted by molar-refractivity contribution is 0.637. The molecule has 0 saturated carbocycles. The molecule has 0 fully saturated rings. The van der Waals surface area contributed by atoms with E-state index in [1.165, 1.54) is 6.07 Å². The van der Waals surface area contributed by atoms with Crippen LogP contribution in [0.1, 0.15) is 11.3 Å². The molecule has 0 saturated heterocycles. The van der Waals surface area contributed by atoms with Gasteiger partial charge in [-0.1, -0.05) is 6.07 Å². The van der Waals surface area contributed by atoms with Gasteiger partial charge in [-0.05, 0) is 30.0 Å². The number of benzene rings is 1. The van der Waals surface area contributed by atoms with Crippen molar-refractivity contribution in [3.8, 4) is 0 Å². The van der Waals surface area contributed by atoms with Crippen LogP contribution >= 0.6 is 0 Å². The molecular weight excluding hydrogens is 179 g/mol. The number of aryl methyl sites for hydroxylation is 1. The van der Waals surface area contributed by atoms with Gasteiger partial charge in [-0.15, -0.1) is 0 Å². The summed E-state index contributed by atoms with van der Waals surface area (Å²) in [7, 11) is 0. The minimum absolute atomic E-state index is 0.251. The molecule has 72 valence electrons. The quantitative estimate of drug-likeness (QED) is 0.748. The molecule has 14 heavy (non-hydrogen) atoms. The number of aromatic nitrogens is 1. The predicted octanol–water partition coefficient (Wildman–Crippen LogP) is 2.14. The molecule has 0 aliphatic heterocycles. The van der Waals surface area contributed by atoms with Gasteiger partial charge < -0.3 is 5.73 Å². The molecular formula is C11H11FN2. The first kappa shape index (κ1) is 9.09. The highest BCUT2D eigenvalue weighted by atomic mass is 19.1.